The molecule has 1 aromatic carbocycles. The molecule has 0 aliphatic carbocycles. The van der Waals surface area contributed by atoms with Crippen molar-refractivity contribution < 1.29 is 4.79 Å². The first-order valence-electron chi connectivity index (χ1n) is 7.38. The Bertz CT molecular complexity index is 461. The minimum Gasteiger partial charge on any atom is -0.385 e. The Hall–Kier alpha value is -1.51. The van der Waals surface area contributed by atoms with Crippen molar-refractivity contribution >= 4 is 11.6 Å². The third kappa shape index (κ3) is 4.55. The molecule has 0 fully saturated rings. The molecule has 3 heteroatoms. The molecule has 1 unspecified atom stereocenters. The number of aryl methyl sites for hydroxylation is 1. The summed E-state index contributed by atoms with van der Waals surface area (Å²) in [5, 5.41) is 6.29. The number of carbonyl (C=O) groups excluding carboxylic acids is 1. The largest absolute Gasteiger partial charge is 0.385 e. The summed E-state index contributed by atoms with van der Waals surface area (Å²) in [5.41, 5.74) is 3.03. The molecule has 0 aliphatic heterocycles. The van der Waals surface area contributed by atoms with Gasteiger partial charge in [-0.1, -0.05) is 27.7 Å². The highest BCUT2D eigenvalue weighted by Gasteiger charge is 2.20. The van der Waals surface area contributed by atoms with Crippen molar-refractivity contribution in [2.24, 2.45) is 11.3 Å². The number of hydrogen-bond donors (Lipinski definition) is 2. The van der Waals surface area contributed by atoms with Crippen LogP contribution in [0.1, 0.15) is 50.5 Å². The van der Waals surface area contributed by atoms with Crippen molar-refractivity contribution in [1.29, 1.82) is 0 Å². The Labute approximate surface area is 123 Å². The standard InChI is InChI=1S/C17H28N2O/c1-7-18-14-8-9-15(12(2)10-14)16(20)19-11-13(3)17(4,5)6/h8-10,13,18H,7,11H2,1-6H3,(H,19,20). The van der Waals surface area contributed by atoms with E-state index in [0.717, 1.165) is 23.4 Å². The van der Waals surface area contributed by atoms with Crippen LogP contribution in [-0.2, 0) is 0 Å². The molecule has 2 N–H and O–H groups in total. The SMILES string of the molecule is CCNc1ccc(C(=O)NCC(C)C(C)(C)C)c(C)c1. The number of anilines is 1. The van der Waals surface area contributed by atoms with Gasteiger partial charge in [0.15, 0.2) is 0 Å². The maximum atomic E-state index is 12.2. The van der Waals surface area contributed by atoms with Crippen molar-refractivity contribution in [2.75, 3.05) is 18.4 Å². The fourth-order valence-electron chi connectivity index (χ4n) is 1.88. The van der Waals surface area contributed by atoms with Gasteiger partial charge in [0.2, 0.25) is 0 Å². The van der Waals surface area contributed by atoms with E-state index in [4.69, 9.17) is 0 Å². The second-order valence-electron chi connectivity index (χ2n) is 6.54. The van der Waals surface area contributed by atoms with Crippen LogP contribution in [0.15, 0.2) is 18.2 Å². The van der Waals surface area contributed by atoms with Gasteiger partial charge in [-0.3, -0.25) is 4.79 Å². The molecule has 1 rings (SSSR count). The molecule has 1 amide bonds. The molecule has 1 aromatic rings. The van der Waals surface area contributed by atoms with Crippen LogP contribution in [0.5, 0.6) is 0 Å². The van der Waals surface area contributed by atoms with Gasteiger partial charge >= 0.3 is 0 Å². The van der Waals surface area contributed by atoms with Crippen molar-refractivity contribution in [1.82, 2.24) is 5.32 Å². The van der Waals surface area contributed by atoms with Crippen LogP contribution >= 0.6 is 0 Å². The highest BCUT2D eigenvalue weighted by Crippen LogP contribution is 2.24. The van der Waals surface area contributed by atoms with E-state index < -0.39 is 0 Å². The molecule has 0 saturated carbocycles. The van der Waals surface area contributed by atoms with Crippen LogP contribution in [-0.4, -0.2) is 19.0 Å². The van der Waals surface area contributed by atoms with Gasteiger partial charge in [0.25, 0.3) is 5.91 Å². The van der Waals surface area contributed by atoms with E-state index in [1.165, 1.54) is 0 Å². The lowest BCUT2D eigenvalue weighted by molar-refractivity contribution is 0.0936. The van der Waals surface area contributed by atoms with Crippen molar-refractivity contribution in [3.8, 4) is 0 Å². The van der Waals surface area contributed by atoms with E-state index in [9.17, 15) is 4.79 Å². The summed E-state index contributed by atoms with van der Waals surface area (Å²) in [6.07, 6.45) is 0. The molecule has 0 aromatic heterocycles. The number of nitrogens with one attached hydrogen (secondary N) is 2. The first-order chi connectivity index (χ1) is 9.25. The molecule has 0 heterocycles. The van der Waals surface area contributed by atoms with Crippen LogP contribution in [0.3, 0.4) is 0 Å². The van der Waals surface area contributed by atoms with Gasteiger partial charge in [-0.25, -0.2) is 0 Å². The van der Waals surface area contributed by atoms with Crippen LogP contribution in [0.2, 0.25) is 0 Å². The molecule has 0 spiro atoms. The fourth-order valence-corrected chi connectivity index (χ4v) is 1.88. The normalized spacial score (nSPS) is 12.9. The fraction of sp³-hybridized carbons (Fsp3) is 0.588. The minimum absolute atomic E-state index is 0.0154. The zero-order valence-corrected chi connectivity index (χ0v) is 13.6. The zero-order valence-electron chi connectivity index (χ0n) is 13.6. The molecule has 0 radical (unpaired) electrons. The van der Waals surface area contributed by atoms with Crippen LogP contribution < -0.4 is 10.6 Å². The minimum atomic E-state index is 0.0154. The lowest BCUT2D eigenvalue weighted by Gasteiger charge is -2.27. The zero-order chi connectivity index (χ0) is 15.3. The van der Waals surface area contributed by atoms with Gasteiger partial charge in [-0.05, 0) is 48.9 Å². The van der Waals surface area contributed by atoms with E-state index in [1.54, 1.807) is 0 Å². The highest BCUT2D eigenvalue weighted by molar-refractivity contribution is 5.96. The Morgan fingerprint density at radius 1 is 1.30 bits per heavy atom. The molecule has 0 bridgehead atoms. The Morgan fingerprint density at radius 3 is 2.45 bits per heavy atom. The second kappa shape index (κ2) is 6.78. The highest BCUT2D eigenvalue weighted by atomic mass is 16.1. The Kier molecular flexibility index (Phi) is 5.61. The molecular formula is C17H28N2O. The molecular weight excluding hydrogens is 248 g/mol. The van der Waals surface area contributed by atoms with Gasteiger partial charge < -0.3 is 10.6 Å². The molecule has 1 atom stereocenters. The number of carbonyl (C=O) groups is 1. The first kappa shape index (κ1) is 16.5. The van der Waals surface area contributed by atoms with Gasteiger partial charge in [0, 0.05) is 24.3 Å². The summed E-state index contributed by atoms with van der Waals surface area (Å²) >= 11 is 0. The van der Waals surface area contributed by atoms with E-state index >= 15 is 0 Å². The molecule has 112 valence electrons. The average Bonchev–Trinajstić information content (AvgIpc) is 2.35. The van der Waals surface area contributed by atoms with Gasteiger partial charge in [0.1, 0.15) is 0 Å². The predicted octanol–water partition coefficient (Wildman–Crippen LogP) is 3.84. The van der Waals surface area contributed by atoms with E-state index in [1.807, 2.05) is 25.1 Å². The number of hydrogen-bond acceptors (Lipinski definition) is 2. The van der Waals surface area contributed by atoms with Gasteiger partial charge in [-0.2, -0.15) is 0 Å². The number of benzene rings is 1. The quantitative estimate of drug-likeness (QED) is 0.858. The number of rotatable bonds is 5. The van der Waals surface area contributed by atoms with Gasteiger partial charge in [0.05, 0.1) is 0 Å². The van der Waals surface area contributed by atoms with E-state index in [2.05, 4.69) is 45.3 Å². The predicted molar refractivity (Wildman–Crippen MR) is 86.3 cm³/mol. The number of amides is 1. The smallest absolute Gasteiger partial charge is 0.251 e. The lowest BCUT2D eigenvalue weighted by atomic mass is 9.82. The topological polar surface area (TPSA) is 41.1 Å². The maximum absolute atomic E-state index is 12.2. The third-order valence-electron chi connectivity index (χ3n) is 3.90. The van der Waals surface area contributed by atoms with Crippen molar-refractivity contribution in [3.05, 3.63) is 29.3 Å². The Balaban J connectivity index is 2.69. The molecule has 0 aliphatic rings. The monoisotopic (exact) mass is 276 g/mol. The van der Waals surface area contributed by atoms with E-state index in [0.29, 0.717) is 12.5 Å². The average molecular weight is 276 g/mol. The maximum Gasteiger partial charge on any atom is 0.251 e. The molecule has 0 saturated heterocycles. The summed E-state index contributed by atoms with van der Waals surface area (Å²) in [6.45, 7) is 14.4. The lowest BCUT2D eigenvalue weighted by Crippen LogP contribution is -2.34. The van der Waals surface area contributed by atoms with Crippen LogP contribution in [0, 0.1) is 18.3 Å². The summed E-state index contributed by atoms with van der Waals surface area (Å²) in [5.74, 6) is 0.453. The molecule has 20 heavy (non-hydrogen) atoms. The Morgan fingerprint density at radius 2 is 1.95 bits per heavy atom. The van der Waals surface area contributed by atoms with Crippen molar-refractivity contribution in [2.45, 2.75) is 41.5 Å². The third-order valence-corrected chi connectivity index (χ3v) is 3.90. The van der Waals surface area contributed by atoms with Crippen molar-refractivity contribution in [3.63, 3.8) is 0 Å². The van der Waals surface area contributed by atoms with E-state index in [-0.39, 0.29) is 11.3 Å². The second-order valence-corrected chi connectivity index (χ2v) is 6.54. The van der Waals surface area contributed by atoms with Crippen LogP contribution in [0.25, 0.3) is 0 Å². The summed E-state index contributed by atoms with van der Waals surface area (Å²) < 4.78 is 0. The molecule has 3 nitrogen and oxygen atoms in total. The summed E-state index contributed by atoms with van der Waals surface area (Å²) in [7, 11) is 0. The van der Waals surface area contributed by atoms with Crippen LogP contribution in [0.4, 0.5) is 5.69 Å². The summed E-state index contributed by atoms with van der Waals surface area (Å²) in [6, 6.07) is 5.87. The summed E-state index contributed by atoms with van der Waals surface area (Å²) in [4.78, 5) is 12.2. The first-order valence-corrected chi connectivity index (χ1v) is 7.38. The van der Waals surface area contributed by atoms with Gasteiger partial charge in [-0.15, -0.1) is 0 Å².